The van der Waals surface area contributed by atoms with E-state index in [4.69, 9.17) is 9.47 Å². The van der Waals surface area contributed by atoms with Crippen LogP contribution in [-0.2, 0) is 16.1 Å². The number of carbonyl (C=O) groups is 3. The molecular formula is C20H22N2O5. The lowest BCUT2D eigenvalue weighted by Crippen LogP contribution is -2.36. The monoisotopic (exact) mass is 370 g/mol. The first-order valence-corrected chi connectivity index (χ1v) is 8.77. The molecule has 1 aliphatic carbocycles. The molecular weight excluding hydrogens is 348 g/mol. The van der Waals surface area contributed by atoms with Gasteiger partial charge < -0.3 is 19.4 Å². The Morgan fingerprint density at radius 1 is 1.19 bits per heavy atom. The number of esters is 1. The topological polar surface area (TPSA) is 88.7 Å². The molecule has 1 aliphatic rings. The molecule has 0 bridgehead atoms. The minimum absolute atomic E-state index is 0.152. The number of H-pyrrole nitrogens is 1. The number of methoxy groups -OCH3 is 1. The fourth-order valence-electron chi connectivity index (χ4n) is 2.74. The van der Waals surface area contributed by atoms with E-state index < -0.39 is 5.97 Å². The second-order valence-electron chi connectivity index (χ2n) is 6.54. The minimum Gasteiger partial charge on any atom is -0.497 e. The highest BCUT2D eigenvalue weighted by Gasteiger charge is 2.33. The number of nitrogens with one attached hydrogen (secondary N) is 1. The molecule has 27 heavy (non-hydrogen) atoms. The average Bonchev–Trinajstić information content (AvgIpc) is 3.38. The Morgan fingerprint density at radius 2 is 1.89 bits per heavy atom. The predicted molar refractivity (Wildman–Crippen MR) is 97.6 cm³/mol. The van der Waals surface area contributed by atoms with Crippen LogP contribution in [0.2, 0.25) is 0 Å². The molecule has 1 fully saturated rings. The molecule has 1 N–H and O–H groups in total. The van der Waals surface area contributed by atoms with E-state index >= 15 is 0 Å². The van der Waals surface area contributed by atoms with Gasteiger partial charge in [-0.2, -0.15) is 0 Å². The van der Waals surface area contributed by atoms with E-state index in [2.05, 4.69) is 4.98 Å². The molecule has 2 aromatic rings. The summed E-state index contributed by atoms with van der Waals surface area (Å²) in [7, 11) is 1.60. The maximum Gasteiger partial charge on any atom is 0.355 e. The van der Waals surface area contributed by atoms with Gasteiger partial charge in [-0.1, -0.05) is 12.1 Å². The molecule has 0 radical (unpaired) electrons. The molecule has 0 saturated heterocycles. The van der Waals surface area contributed by atoms with Gasteiger partial charge in [-0.15, -0.1) is 0 Å². The van der Waals surface area contributed by atoms with Gasteiger partial charge in [0.1, 0.15) is 11.4 Å². The van der Waals surface area contributed by atoms with Gasteiger partial charge in [0, 0.05) is 24.3 Å². The second-order valence-corrected chi connectivity index (χ2v) is 6.54. The van der Waals surface area contributed by atoms with Crippen molar-refractivity contribution < 1.29 is 23.9 Å². The summed E-state index contributed by atoms with van der Waals surface area (Å²) < 4.78 is 10.3. The Morgan fingerprint density at radius 3 is 2.44 bits per heavy atom. The van der Waals surface area contributed by atoms with Crippen LogP contribution in [0.5, 0.6) is 5.75 Å². The quantitative estimate of drug-likeness (QED) is 0.570. The molecule has 1 aromatic carbocycles. The third kappa shape index (κ3) is 4.75. The van der Waals surface area contributed by atoms with Gasteiger partial charge in [0.25, 0.3) is 5.91 Å². The van der Waals surface area contributed by atoms with E-state index in [1.807, 2.05) is 24.3 Å². The van der Waals surface area contributed by atoms with Crippen molar-refractivity contribution in [3.8, 4) is 5.75 Å². The molecule has 0 aliphatic heterocycles. The van der Waals surface area contributed by atoms with Crippen LogP contribution in [0, 0.1) is 0 Å². The zero-order valence-electron chi connectivity index (χ0n) is 15.4. The fourth-order valence-corrected chi connectivity index (χ4v) is 2.74. The number of carbonyl (C=O) groups excluding carboxylic acids is 3. The molecule has 0 spiro atoms. The zero-order chi connectivity index (χ0) is 19.4. The normalized spacial score (nSPS) is 13.1. The molecule has 0 atom stereocenters. The first-order valence-electron chi connectivity index (χ1n) is 8.77. The summed E-state index contributed by atoms with van der Waals surface area (Å²) >= 11 is 0. The maximum absolute atomic E-state index is 12.6. The van der Waals surface area contributed by atoms with Crippen LogP contribution in [0.15, 0.2) is 36.5 Å². The molecule has 1 aromatic heterocycles. The lowest BCUT2D eigenvalue weighted by atomic mass is 10.2. The number of ketones is 1. The van der Waals surface area contributed by atoms with E-state index in [1.54, 1.807) is 12.0 Å². The first kappa shape index (κ1) is 18.7. The van der Waals surface area contributed by atoms with Crippen molar-refractivity contribution in [2.24, 2.45) is 0 Å². The number of ether oxygens (including phenoxy) is 2. The lowest BCUT2D eigenvalue weighted by molar-refractivity contribution is -0.135. The second kappa shape index (κ2) is 8.07. The van der Waals surface area contributed by atoms with Crippen molar-refractivity contribution in [2.75, 3.05) is 13.7 Å². The van der Waals surface area contributed by atoms with Crippen molar-refractivity contribution in [3.05, 3.63) is 53.3 Å². The highest BCUT2D eigenvalue weighted by Crippen LogP contribution is 2.29. The zero-order valence-corrected chi connectivity index (χ0v) is 15.4. The summed E-state index contributed by atoms with van der Waals surface area (Å²) in [6.07, 6.45) is 3.35. The summed E-state index contributed by atoms with van der Waals surface area (Å²) in [6.45, 7) is 1.54. The van der Waals surface area contributed by atoms with Crippen LogP contribution in [-0.4, -0.2) is 47.3 Å². The van der Waals surface area contributed by atoms with Gasteiger partial charge in [0.2, 0.25) is 0 Å². The third-order valence-corrected chi connectivity index (χ3v) is 4.46. The van der Waals surface area contributed by atoms with E-state index in [0.29, 0.717) is 12.1 Å². The number of Topliss-reactive ketones (excluding diaryl/α,β-unsaturated/α-hetero) is 1. The smallest absolute Gasteiger partial charge is 0.355 e. The number of amides is 1. The van der Waals surface area contributed by atoms with Gasteiger partial charge in [0.05, 0.1) is 7.11 Å². The van der Waals surface area contributed by atoms with Gasteiger partial charge in [0.15, 0.2) is 12.4 Å². The fraction of sp³-hybridized carbons (Fsp3) is 0.350. The van der Waals surface area contributed by atoms with Gasteiger partial charge in [-0.05, 0) is 43.5 Å². The predicted octanol–water partition coefficient (Wildman–Crippen LogP) is 2.57. The minimum atomic E-state index is -0.656. The van der Waals surface area contributed by atoms with Crippen molar-refractivity contribution in [1.29, 1.82) is 0 Å². The van der Waals surface area contributed by atoms with Gasteiger partial charge in [-0.25, -0.2) is 4.79 Å². The van der Waals surface area contributed by atoms with Crippen LogP contribution in [0.3, 0.4) is 0 Å². The molecule has 1 saturated carbocycles. The number of benzene rings is 1. The summed E-state index contributed by atoms with van der Waals surface area (Å²) in [4.78, 5) is 40.4. The molecule has 7 nitrogen and oxygen atoms in total. The number of hydrogen-bond donors (Lipinski definition) is 1. The Labute approximate surface area is 157 Å². The lowest BCUT2D eigenvalue weighted by Gasteiger charge is -2.22. The first-order chi connectivity index (χ1) is 13.0. The van der Waals surface area contributed by atoms with Crippen LogP contribution < -0.4 is 4.74 Å². The van der Waals surface area contributed by atoms with Crippen LogP contribution in [0.4, 0.5) is 0 Å². The van der Waals surface area contributed by atoms with Crippen LogP contribution in [0.25, 0.3) is 0 Å². The Bertz CT molecular complexity index is 836. The molecule has 3 rings (SSSR count). The van der Waals surface area contributed by atoms with Crippen molar-refractivity contribution in [2.45, 2.75) is 32.4 Å². The highest BCUT2D eigenvalue weighted by atomic mass is 16.5. The van der Waals surface area contributed by atoms with Crippen molar-refractivity contribution in [3.63, 3.8) is 0 Å². The summed E-state index contributed by atoms with van der Waals surface area (Å²) in [5, 5.41) is 0. The largest absolute Gasteiger partial charge is 0.497 e. The van der Waals surface area contributed by atoms with Gasteiger partial charge >= 0.3 is 5.97 Å². The van der Waals surface area contributed by atoms with E-state index in [-0.39, 0.29) is 30.0 Å². The van der Waals surface area contributed by atoms with Crippen LogP contribution in [0.1, 0.15) is 46.2 Å². The van der Waals surface area contributed by atoms with Crippen molar-refractivity contribution in [1.82, 2.24) is 9.88 Å². The standard InChI is InChI=1S/C20H22N2O5/c1-13(23)15-9-18(21-10-15)20(25)27-12-19(24)22(16-5-6-16)11-14-3-7-17(26-2)8-4-14/h3-4,7-10,16,21H,5-6,11-12H2,1-2H3. The Balaban J connectivity index is 1.58. The summed E-state index contributed by atoms with van der Waals surface area (Å²) in [5.74, 6) is -0.287. The number of rotatable bonds is 8. The third-order valence-electron chi connectivity index (χ3n) is 4.46. The average molecular weight is 370 g/mol. The highest BCUT2D eigenvalue weighted by molar-refractivity contribution is 5.97. The number of hydrogen-bond acceptors (Lipinski definition) is 5. The Kier molecular flexibility index (Phi) is 5.59. The van der Waals surface area contributed by atoms with E-state index in [1.165, 1.54) is 19.2 Å². The molecule has 142 valence electrons. The SMILES string of the molecule is COc1ccc(CN(C(=O)COC(=O)c2cc(C(C)=O)c[nH]2)C2CC2)cc1. The van der Waals surface area contributed by atoms with E-state index in [0.717, 1.165) is 24.2 Å². The summed E-state index contributed by atoms with van der Waals surface area (Å²) in [5.41, 5.74) is 1.53. The van der Waals surface area contributed by atoms with Crippen molar-refractivity contribution >= 4 is 17.7 Å². The maximum atomic E-state index is 12.6. The Hall–Kier alpha value is -3.09. The number of aromatic amines is 1. The molecule has 1 amide bonds. The molecule has 0 unspecified atom stereocenters. The summed E-state index contributed by atoms with van der Waals surface area (Å²) in [6, 6.07) is 9.13. The number of nitrogens with zero attached hydrogens (tertiary/aromatic N) is 1. The van der Waals surface area contributed by atoms with Gasteiger partial charge in [-0.3, -0.25) is 9.59 Å². The van der Waals surface area contributed by atoms with E-state index in [9.17, 15) is 14.4 Å². The van der Waals surface area contributed by atoms with Crippen LogP contribution >= 0.6 is 0 Å². The molecule has 7 heteroatoms. The molecule has 1 heterocycles. The number of aromatic nitrogens is 1.